The van der Waals surface area contributed by atoms with Gasteiger partial charge in [-0.3, -0.25) is 0 Å². The first-order chi connectivity index (χ1) is 14.6. The first-order valence-electron chi connectivity index (χ1n) is 10.3. The predicted molar refractivity (Wildman–Crippen MR) is 124 cm³/mol. The van der Waals surface area contributed by atoms with Gasteiger partial charge in [0.1, 0.15) is 29.6 Å². The largest absolute Gasteiger partial charge is 0.495 e. The molecule has 2 aromatic carbocycles. The average Bonchev–Trinajstić information content (AvgIpc) is 3.06. The molecule has 7 heteroatoms. The molecule has 1 aliphatic heterocycles. The highest BCUT2D eigenvalue weighted by atomic mass is 35.5. The van der Waals surface area contributed by atoms with Gasteiger partial charge in [-0.1, -0.05) is 24.4 Å². The molecule has 0 bridgehead atoms. The van der Waals surface area contributed by atoms with E-state index in [9.17, 15) is 4.39 Å². The summed E-state index contributed by atoms with van der Waals surface area (Å²) in [5.41, 5.74) is 0.883. The van der Waals surface area contributed by atoms with Gasteiger partial charge in [0.05, 0.1) is 12.1 Å². The van der Waals surface area contributed by atoms with Crippen LogP contribution in [-0.4, -0.2) is 31.3 Å². The molecule has 158 valence electrons. The minimum Gasteiger partial charge on any atom is -0.495 e. The fraction of sp³-hybridized carbons (Fsp3) is 0.391. The normalized spacial score (nSPS) is 24.6. The number of hydrogen-bond donors (Lipinski definition) is 0. The van der Waals surface area contributed by atoms with E-state index in [0.29, 0.717) is 21.3 Å². The molecule has 2 atom stereocenters. The molecular formula is C23H26ClFN3OS+. The number of thioether (sulfide) groups is 1. The third kappa shape index (κ3) is 4.27. The highest BCUT2D eigenvalue weighted by Crippen LogP contribution is 2.44. The lowest BCUT2D eigenvalue weighted by Gasteiger charge is -2.44. The van der Waals surface area contributed by atoms with E-state index in [1.54, 1.807) is 25.2 Å². The van der Waals surface area contributed by atoms with E-state index in [-0.39, 0.29) is 11.3 Å². The standard InChI is InChI=1S/C23H26ClFN3OS/c1-29-22-13-10-19(14-21(22)24)28(18-6-4-2-3-5-7-18)16-26-15-27-23(28)30-20-11-8-17(25)9-12-20/h8-16,18,23H,2-7H2,1H3/q+1. The van der Waals surface area contributed by atoms with Crippen molar-refractivity contribution in [1.82, 2.24) is 4.48 Å². The van der Waals surface area contributed by atoms with E-state index < -0.39 is 0 Å². The number of aliphatic imine (C=N–C) groups is 2. The van der Waals surface area contributed by atoms with Crippen LogP contribution in [0.5, 0.6) is 5.75 Å². The number of quaternary nitrogens is 1. The third-order valence-corrected chi connectivity index (χ3v) is 7.47. The first-order valence-corrected chi connectivity index (χ1v) is 11.6. The third-order valence-electron chi connectivity index (χ3n) is 5.95. The molecule has 30 heavy (non-hydrogen) atoms. The minimum absolute atomic E-state index is 0.166. The lowest BCUT2D eigenvalue weighted by molar-refractivity contribution is 0.276. The number of nitrogens with zero attached hydrogens (tertiary/aromatic N) is 3. The van der Waals surface area contributed by atoms with Gasteiger partial charge in [-0.25, -0.2) is 13.9 Å². The summed E-state index contributed by atoms with van der Waals surface area (Å²) in [6.07, 6.45) is 10.8. The maximum atomic E-state index is 13.4. The Balaban J connectivity index is 1.79. The second-order valence-electron chi connectivity index (χ2n) is 7.73. The molecule has 2 aromatic rings. The van der Waals surface area contributed by atoms with Crippen molar-refractivity contribution >= 4 is 41.7 Å². The van der Waals surface area contributed by atoms with Crippen LogP contribution >= 0.6 is 23.4 Å². The molecule has 1 heterocycles. The predicted octanol–water partition coefficient (Wildman–Crippen LogP) is 6.66. The van der Waals surface area contributed by atoms with Gasteiger partial charge in [0.2, 0.25) is 5.50 Å². The molecule has 1 fully saturated rings. The number of hydrogen-bond acceptors (Lipinski definition) is 4. The number of ether oxygens (including phenoxy) is 1. The number of methoxy groups -OCH3 is 1. The van der Waals surface area contributed by atoms with Gasteiger partial charge in [-0.05, 0) is 54.9 Å². The summed E-state index contributed by atoms with van der Waals surface area (Å²) in [7, 11) is 1.62. The molecule has 2 aliphatic rings. The summed E-state index contributed by atoms with van der Waals surface area (Å²) in [4.78, 5) is 10.3. The van der Waals surface area contributed by atoms with Gasteiger partial charge < -0.3 is 4.74 Å². The zero-order valence-corrected chi connectivity index (χ0v) is 18.6. The van der Waals surface area contributed by atoms with Crippen LogP contribution in [0.15, 0.2) is 57.3 Å². The van der Waals surface area contributed by atoms with Gasteiger partial charge >= 0.3 is 0 Å². The molecular weight excluding hydrogens is 421 g/mol. The highest BCUT2D eigenvalue weighted by molar-refractivity contribution is 8.00. The summed E-state index contributed by atoms with van der Waals surface area (Å²) in [6, 6.07) is 12.9. The molecule has 0 N–H and O–H groups in total. The van der Waals surface area contributed by atoms with Crippen LogP contribution in [0.1, 0.15) is 38.5 Å². The van der Waals surface area contributed by atoms with E-state index in [0.717, 1.165) is 23.4 Å². The minimum atomic E-state index is -0.237. The van der Waals surface area contributed by atoms with Crippen LogP contribution in [-0.2, 0) is 0 Å². The van der Waals surface area contributed by atoms with E-state index in [4.69, 9.17) is 21.3 Å². The Morgan fingerprint density at radius 1 is 1.07 bits per heavy atom. The summed E-state index contributed by atoms with van der Waals surface area (Å²) in [6.45, 7) is 0. The summed E-state index contributed by atoms with van der Waals surface area (Å²) < 4.78 is 19.3. The summed E-state index contributed by atoms with van der Waals surface area (Å²) >= 11 is 8.17. The average molecular weight is 447 g/mol. The maximum absolute atomic E-state index is 13.4. The van der Waals surface area contributed by atoms with Crippen LogP contribution in [0.2, 0.25) is 5.02 Å². The first kappa shape index (κ1) is 21.3. The van der Waals surface area contributed by atoms with Gasteiger partial charge in [0.15, 0.2) is 6.34 Å². The SMILES string of the molecule is COc1ccc([N+]2(C3CCCCCC3)C=NC=NC2Sc2ccc(F)cc2)cc1Cl. The van der Waals surface area contributed by atoms with Crippen molar-refractivity contribution in [3.05, 3.63) is 53.3 Å². The molecule has 0 radical (unpaired) electrons. The zero-order valence-electron chi connectivity index (χ0n) is 17.0. The van der Waals surface area contributed by atoms with Gasteiger partial charge in [-0.15, -0.1) is 0 Å². The maximum Gasteiger partial charge on any atom is 0.247 e. The van der Waals surface area contributed by atoms with Crippen LogP contribution in [0.25, 0.3) is 0 Å². The Bertz CT molecular complexity index is 929. The molecule has 4 nitrogen and oxygen atoms in total. The van der Waals surface area contributed by atoms with Crippen molar-refractivity contribution in [1.29, 1.82) is 0 Å². The topological polar surface area (TPSA) is 34.0 Å². The smallest absolute Gasteiger partial charge is 0.247 e. The Hall–Kier alpha value is -1.89. The second-order valence-corrected chi connectivity index (χ2v) is 9.26. The molecule has 0 spiro atoms. The van der Waals surface area contributed by atoms with Crippen molar-refractivity contribution < 1.29 is 9.13 Å². The zero-order chi connectivity index (χ0) is 21.0. The molecule has 0 aromatic heterocycles. The molecule has 1 aliphatic carbocycles. The molecule has 0 saturated heterocycles. The summed E-state index contributed by atoms with van der Waals surface area (Å²) in [5, 5.41) is 0.578. The van der Waals surface area contributed by atoms with Gasteiger partial charge in [-0.2, -0.15) is 4.99 Å². The lowest BCUT2D eigenvalue weighted by Crippen LogP contribution is -2.61. The van der Waals surface area contributed by atoms with E-state index in [1.165, 1.54) is 37.8 Å². The van der Waals surface area contributed by atoms with Crippen molar-refractivity contribution in [2.75, 3.05) is 7.11 Å². The van der Waals surface area contributed by atoms with Crippen molar-refractivity contribution in [2.24, 2.45) is 9.98 Å². The van der Waals surface area contributed by atoms with Crippen molar-refractivity contribution in [2.45, 2.75) is 55.0 Å². The van der Waals surface area contributed by atoms with Crippen LogP contribution in [0.4, 0.5) is 10.1 Å². The van der Waals surface area contributed by atoms with Crippen LogP contribution in [0, 0.1) is 5.82 Å². The highest BCUT2D eigenvalue weighted by Gasteiger charge is 2.47. The van der Waals surface area contributed by atoms with Crippen molar-refractivity contribution in [3.63, 3.8) is 0 Å². The second kappa shape index (κ2) is 9.50. The Morgan fingerprint density at radius 3 is 2.47 bits per heavy atom. The van der Waals surface area contributed by atoms with Gasteiger partial charge in [0.25, 0.3) is 0 Å². The van der Waals surface area contributed by atoms with Crippen molar-refractivity contribution in [3.8, 4) is 5.75 Å². The monoisotopic (exact) mass is 446 g/mol. The van der Waals surface area contributed by atoms with Crippen LogP contribution in [0.3, 0.4) is 0 Å². The fourth-order valence-electron chi connectivity index (χ4n) is 4.42. The molecule has 1 saturated carbocycles. The number of benzene rings is 2. The molecule has 2 unspecified atom stereocenters. The Morgan fingerprint density at radius 2 is 1.80 bits per heavy atom. The number of rotatable bonds is 5. The van der Waals surface area contributed by atoms with Gasteiger partial charge in [0, 0.05) is 29.9 Å². The number of halogens is 2. The van der Waals surface area contributed by atoms with E-state index >= 15 is 0 Å². The Kier molecular flexibility index (Phi) is 6.76. The quantitative estimate of drug-likeness (QED) is 0.380. The molecule has 0 amide bonds. The van der Waals surface area contributed by atoms with E-state index in [1.807, 2.05) is 30.6 Å². The summed E-state index contributed by atoms with van der Waals surface area (Å²) in [5.74, 6) is 0.416. The molecule has 4 rings (SSSR count). The fourth-order valence-corrected chi connectivity index (χ4v) is 5.84. The van der Waals surface area contributed by atoms with E-state index in [2.05, 4.69) is 11.1 Å². The Labute approximate surface area is 186 Å². The lowest BCUT2D eigenvalue weighted by atomic mass is 10.0. The van der Waals surface area contributed by atoms with Crippen LogP contribution < -0.4 is 9.22 Å².